The number of carbonyl (C=O) groups excluding carboxylic acids is 1. The van der Waals surface area contributed by atoms with Crippen molar-refractivity contribution in [2.24, 2.45) is 0 Å². The quantitative estimate of drug-likeness (QED) is 0.787. The molecule has 2 N–H and O–H groups in total. The predicted molar refractivity (Wildman–Crippen MR) is 84.9 cm³/mol. The lowest BCUT2D eigenvalue weighted by molar-refractivity contribution is 0.141. The van der Waals surface area contributed by atoms with Gasteiger partial charge in [0.25, 0.3) is 0 Å². The number of hydrogen-bond acceptors (Lipinski definition) is 5. The number of hydrogen-bond donors (Lipinski definition) is 1. The molecule has 0 aliphatic heterocycles. The fraction of sp³-hybridized carbons (Fsp3) is 0.118. The Balaban J connectivity index is 1.61. The van der Waals surface area contributed by atoms with Crippen LogP contribution in [0.2, 0.25) is 0 Å². The third kappa shape index (κ3) is 2.24. The summed E-state index contributed by atoms with van der Waals surface area (Å²) in [5.74, 6) is 0.0609. The number of ether oxygens (including phenoxy) is 1. The first-order valence-corrected chi connectivity index (χ1v) is 7.26. The number of fused-ring (bicyclic) bond motifs is 3. The lowest BCUT2D eigenvalue weighted by Gasteiger charge is -2.13. The molecule has 2 aromatic carbocycles. The number of anilines is 1. The lowest BCUT2D eigenvalue weighted by Crippen LogP contribution is -2.18. The fourth-order valence-corrected chi connectivity index (χ4v) is 3.02. The third-order valence-corrected chi connectivity index (χ3v) is 4.03. The number of benzene rings is 2. The standard InChI is InChI=1S/C17H14N4O2/c18-16-19-10-21(20-16)17(22)23-9-15-13-7-3-1-5-11(13)12-6-2-4-8-14(12)15/h1-8,10,15H,9H2,(H2,18,20). The molecular formula is C17H14N4O2. The minimum absolute atomic E-state index is 0.0206. The zero-order valence-electron chi connectivity index (χ0n) is 12.2. The van der Waals surface area contributed by atoms with Gasteiger partial charge in [0.15, 0.2) is 0 Å². The predicted octanol–water partition coefficient (Wildman–Crippen LogP) is 2.66. The molecule has 1 aliphatic rings. The molecule has 114 valence electrons. The van der Waals surface area contributed by atoms with Gasteiger partial charge in [-0.3, -0.25) is 0 Å². The van der Waals surface area contributed by atoms with Gasteiger partial charge in [-0.05, 0) is 22.3 Å². The van der Waals surface area contributed by atoms with Gasteiger partial charge in [0.1, 0.15) is 12.9 Å². The van der Waals surface area contributed by atoms with Crippen LogP contribution in [0.15, 0.2) is 54.9 Å². The van der Waals surface area contributed by atoms with E-state index in [-0.39, 0.29) is 18.5 Å². The van der Waals surface area contributed by atoms with Crippen LogP contribution in [0.5, 0.6) is 0 Å². The van der Waals surface area contributed by atoms with E-state index in [9.17, 15) is 4.79 Å². The monoisotopic (exact) mass is 306 g/mol. The molecule has 23 heavy (non-hydrogen) atoms. The summed E-state index contributed by atoms with van der Waals surface area (Å²) in [6, 6.07) is 16.4. The van der Waals surface area contributed by atoms with Crippen LogP contribution in [0.25, 0.3) is 11.1 Å². The number of nitrogen functional groups attached to an aromatic ring is 1. The molecule has 6 heteroatoms. The molecule has 0 radical (unpaired) electrons. The van der Waals surface area contributed by atoms with Crippen LogP contribution >= 0.6 is 0 Å². The highest BCUT2D eigenvalue weighted by atomic mass is 16.6. The van der Waals surface area contributed by atoms with Crippen molar-refractivity contribution in [3.63, 3.8) is 0 Å². The minimum atomic E-state index is -0.587. The Kier molecular flexibility index (Phi) is 3.08. The summed E-state index contributed by atoms with van der Waals surface area (Å²) >= 11 is 0. The van der Waals surface area contributed by atoms with Gasteiger partial charge in [-0.1, -0.05) is 48.5 Å². The van der Waals surface area contributed by atoms with E-state index in [1.54, 1.807) is 0 Å². The molecule has 6 nitrogen and oxygen atoms in total. The highest BCUT2D eigenvalue weighted by Gasteiger charge is 2.29. The Bertz CT molecular complexity index is 842. The number of nitrogens with two attached hydrogens (primary N) is 1. The Morgan fingerprint density at radius 2 is 1.70 bits per heavy atom. The molecular weight excluding hydrogens is 292 g/mol. The number of nitrogens with zero attached hydrogens (tertiary/aromatic N) is 3. The maximum Gasteiger partial charge on any atom is 0.436 e. The zero-order chi connectivity index (χ0) is 15.8. The highest BCUT2D eigenvalue weighted by molar-refractivity contribution is 5.79. The first kappa shape index (κ1) is 13.5. The molecule has 0 spiro atoms. The Labute approximate surface area is 132 Å². The summed E-state index contributed by atoms with van der Waals surface area (Å²) < 4.78 is 6.41. The third-order valence-electron chi connectivity index (χ3n) is 4.03. The van der Waals surface area contributed by atoms with Crippen LogP contribution in [-0.4, -0.2) is 27.5 Å². The SMILES string of the molecule is Nc1ncn(C(=O)OCC2c3ccccc3-c3ccccc32)n1. The molecule has 0 amide bonds. The van der Waals surface area contributed by atoms with Crippen LogP contribution in [-0.2, 0) is 4.74 Å². The molecule has 3 aromatic rings. The van der Waals surface area contributed by atoms with Gasteiger partial charge in [-0.25, -0.2) is 9.78 Å². The number of aromatic nitrogens is 3. The summed E-state index contributed by atoms with van der Waals surface area (Å²) in [6.45, 7) is 0.243. The molecule has 1 aromatic heterocycles. The zero-order valence-corrected chi connectivity index (χ0v) is 12.2. The second-order valence-corrected chi connectivity index (χ2v) is 5.35. The minimum Gasteiger partial charge on any atom is -0.447 e. The molecule has 1 heterocycles. The Hall–Kier alpha value is -3.15. The molecule has 0 unspecified atom stereocenters. The van der Waals surface area contributed by atoms with Gasteiger partial charge in [0.05, 0.1) is 0 Å². The average Bonchev–Trinajstić information content (AvgIpc) is 3.15. The van der Waals surface area contributed by atoms with E-state index in [0.29, 0.717) is 0 Å². The molecule has 0 atom stereocenters. The fourth-order valence-electron chi connectivity index (χ4n) is 3.02. The van der Waals surface area contributed by atoms with E-state index < -0.39 is 6.09 Å². The van der Waals surface area contributed by atoms with Gasteiger partial charge < -0.3 is 10.5 Å². The van der Waals surface area contributed by atoms with Crippen LogP contribution in [0.4, 0.5) is 10.7 Å². The van der Waals surface area contributed by atoms with Crippen LogP contribution in [0, 0.1) is 0 Å². The first-order valence-electron chi connectivity index (χ1n) is 7.26. The second kappa shape index (κ2) is 5.24. The van der Waals surface area contributed by atoms with Crippen molar-refractivity contribution in [1.29, 1.82) is 0 Å². The van der Waals surface area contributed by atoms with Crippen molar-refractivity contribution in [1.82, 2.24) is 14.8 Å². The Morgan fingerprint density at radius 3 is 2.26 bits per heavy atom. The molecule has 0 saturated heterocycles. The van der Waals surface area contributed by atoms with Crippen molar-refractivity contribution < 1.29 is 9.53 Å². The Morgan fingerprint density at radius 1 is 1.09 bits per heavy atom. The molecule has 0 saturated carbocycles. The van der Waals surface area contributed by atoms with Crippen molar-refractivity contribution in [2.75, 3.05) is 12.3 Å². The van der Waals surface area contributed by atoms with Crippen molar-refractivity contribution in [2.45, 2.75) is 5.92 Å². The van der Waals surface area contributed by atoms with E-state index >= 15 is 0 Å². The smallest absolute Gasteiger partial charge is 0.436 e. The van der Waals surface area contributed by atoms with E-state index in [4.69, 9.17) is 10.5 Å². The highest BCUT2D eigenvalue weighted by Crippen LogP contribution is 2.44. The van der Waals surface area contributed by atoms with Gasteiger partial charge in [-0.15, -0.1) is 5.10 Å². The van der Waals surface area contributed by atoms with Crippen LogP contribution in [0.3, 0.4) is 0 Å². The maximum atomic E-state index is 12.0. The normalized spacial score (nSPS) is 12.7. The van der Waals surface area contributed by atoms with Gasteiger partial charge in [0, 0.05) is 5.92 Å². The van der Waals surface area contributed by atoms with E-state index in [0.717, 1.165) is 4.68 Å². The summed E-state index contributed by atoms with van der Waals surface area (Å²) in [5.41, 5.74) is 10.1. The van der Waals surface area contributed by atoms with E-state index in [2.05, 4.69) is 34.3 Å². The summed E-state index contributed by atoms with van der Waals surface area (Å²) in [4.78, 5) is 15.7. The first-order chi connectivity index (χ1) is 11.2. The van der Waals surface area contributed by atoms with Gasteiger partial charge in [0.2, 0.25) is 5.95 Å². The van der Waals surface area contributed by atoms with Crippen molar-refractivity contribution in [3.8, 4) is 11.1 Å². The van der Waals surface area contributed by atoms with Crippen LogP contribution in [0.1, 0.15) is 17.0 Å². The lowest BCUT2D eigenvalue weighted by atomic mass is 9.98. The van der Waals surface area contributed by atoms with E-state index in [1.165, 1.54) is 28.6 Å². The topological polar surface area (TPSA) is 83.0 Å². The summed E-state index contributed by atoms with van der Waals surface area (Å²) in [7, 11) is 0. The molecule has 1 aliphatic carbocycles. The van der Waals surface area contributed by atoms with Gasteiger partial charge >= 0.3 is 6.09 Å². The van der Waals surface area contributed by atoms with E-state index in [1.807, 2.05) is 24.3 Å². The molecule has 0 bridgehead atoms. The summed E-state index contributed by atoms with van der Waals surface area (Å²) in [5, 5.41) is 3.75. The number of rotatable bonds is 2. The van der Waals surface area contributed by atoms with Gasteiger partial charge in [-0.2, -0.15) is 4.68 Å². The average molecular weight is 306 g/mol. The van der Waals surface area contributed by atoms with Crippen molar-refractivity contribution >= 4 is 12.0 Å². The maximum absolute atomic E-state index is 12.0. The van der Waals surface area contributed by atoms with Crippen LogP contribution < -0.4 is 5.73 Å². The largest absolute Gasteiger partial charge is 0.447 e. The summed E-state index contributed by atoms with van der Waals surface area (Å²) in [6.07, 6.45) is 0.657. The second-order valence-electron chi connectivity index (χ2n) is 5.35. The molecule has 4 rings (SSSR count). The number of carbonyl (C=O) groups is 1. The van der Waals surface area contributed by atoms with Crippen molar-refractivity contribution in [3.05, 3.63) is 66.0 Å². The molecule has 0 fully saturated rings.